The number of rotatable bonds is 7. The van der Waals surface area contributed by atoms with E-state index in [0.29, 0.717) is 0 Å². The molecule has 0 spiro atoms. The maximum Gasteiger partial charge on any atom is 0.151 e. The molecule has 0 heterocycles. The highest BCUT2D eigenvalue weighted by Gasteiger charge is 2.23. The van der Waals surface area contributed by atoms with Gasteiger partial charge in [-0.2, -0.15) is 0 Å². The van der Waals surface area contributed by atoms with Crippen LogP contribution in [0.15, 0.2) is 30.3 Å². The lowest BCUT2D eigenvalue weighted by atomic mass is 9.85. The molecule has 3 nitrogen and oxygen atoms in total. The summed E-state index contributed by atoms with van der Waals surface area (Å²) in [4.78, 5) is 0. The van der Waals surface area contributed by atoms with Gasteiger partial charge in [-0.25, -0.2) is 8.42 Å². The fourth-order valence-corrected chi connectivity index (χ4v) is 3.55. The van der Waals surface area contributed by atoms with Gasteiger partial charge in [-0.3, -0.25) is 0 Å². The first-order valence-corrected chi connectivity index (χ1v) is 9.46. The lowest BCUT2D eigenvalue weighted by Crippen LogP contribution is -2.37. The van der Waals surface area contributed by atoms with Crippen molar-refractivity contribution in [2.45, 2.75) is 53.1 Å². The molecule has 0 aliphatic carbocycles. The first-order chi connectivity index (χ1) is 9.63. The van der Waals surface area contributed by atoms with Crippen molar-refractivity contribution in [2.75, 3.05) is 11.5 Å². The van der Waals surface area contributed by atoms with Crippen LogP contribution in [0, 0.1) is 5.41 Å². The highest BCUT2D eigenvalue weighted by atomic mass is 32.2. The Hall–Kier alpha value is -0.870. The van der Waals surface area contributed by atoms with E-state index in [1.54, 1.807) is 6.92 Å². The van der Waals surface area contributed by atoms with Crippen LogP contribution in [0.2, 0.25) is 0 Å². The molecule has 1 aromatic rings. The Kier molecular flexibility index (Phi) is 6.41. The van der Waals surface area contributed by atoms with E-state index in [-0.39, 0.29) is 29.0 Å². The van der Waals surface area contributed by atoms with Gasteiger partial charge in [-0.1, -0.05) is 58.0 Å². The van der Waals surface area contributed by atoms with Crippen molar-refractivity contribution in [3.63, 3.8) is 0 Å². The van der Waals surface area contributed by atoms with E-state index in [0.717, 1.165) is 6.42 Å². The average Bonchev–Trinajstić information content (AvgIpc) is 2.37. The molecule has 0 amide bonds. The van der Waals surface area contributed by atoms with Crippen LogP contribution >= 0.6 is 0 Å². The molecule has 0 saturated carbocycles. The topological polar surface area (TPSA) is 46.2 Å². The third-order valence-corrected chi connectivity index (χ3v) is 5.34. The molecule has 0 fully saturated rings. The Balaban J connectivity index is 2.83. The lowest BCUT2D eigenvalue weighted by molar-refractivity contribution is 0.300. The number of nitrogens with one attached hydrogen (secondary N) is 1. The number of sulfone groups is 1. The van der Waals surface area contributed by atoms with E-state index in [9.17, 15) is 8.42 Å². The molecule has 0 aliphatic heterocycles. The summed E-state index contributed by atoms with van der Waals surface area (Å²) < 4.78 is 23.5. The van der Waals surface area contributed by atoms with Crippen molar-refractivity contribution in [1.29, 1.82) is 0 Å². The minimum absolute atomic E-state index is 0.0532. The molecule has 120 valence electrons. The molecule has 0 saturated heterocycles. The van der Waals surface area contributed by atoms with Gasteiger partial charge in [0.2, 0.25) is 0 Å². The highest BCUT2D eigenvalue weighted by Crippen LogP contribution is 2.29. The van der Waals surface area contributed by atoms with Crippen LogP contribution < -0.4 is 5.32 Å². The molecule has 1 aromatic carbocycles. The van der Waals surface area contributed by atoms with Gasteiger partial charge in [0, 0.05) is 17.8 Å². The molecule has 0 bridgehead atoms. The quantitative estimate of drug-likeness (QED) is 0.837. The highest BCUT2D eigenvalue weighted by molar-refractivity contribution is 7.91. The number of benzene rings is 1. The summed E-state index contributed by atoms with van der Waals surface area (Å²) in [6, 6.07) is 10.4. The Bertz CT molecular complexity index is 517. The second-order valence-corrected chi connectivity index (χ2v) is 9.39. The third-order valence-electron chi connectivity index (χ3n) is 3.45. The maximum absolute atomic E-state index is 11.8. The minimum atomic E-state index is -2.95. The SMILES string of the molecule is CCS(=O)(=O)CC(C)NC(CC(C)(C)C)c1ccccc1. The van der Waals surface area contributed by atoms with Gasteiger partial charge >= 0.3 is 0 Å². The van der Waals surface area contributed by atoms with Crippen LogP contribution in [0.4, 0.5) is 0 Å². The van der Waals surface area contributed by atoms with Crippen molar-refractivity contribution in [1.82, 2.24) is 5.32 Å². The molecule has 1 rings (SSSR count). The Morgan fingerprint density at radius 1 is 1.14 bits per heavy atom. The molecular weight excluding hydrogens is 282 g/mol. The van der Waals surface area contributed by atoms with E-state index in [1.165, 1.54) is 5.56 Å². The Morgan fingerprint density at radius 2 is 1.71 bits per heavy atom. The van der Waals surface area contributed by atoms with E-state index in [1.807, 2.05) is 25.1 Å². The van der Waals surface area contributed by atoms with Crippen molar-refractivity contribution in [3.8, 4) is 0 Å². The summed E-state index contributed by atoms with van der Waals surface area (Å²) >= 11 is 0. The molecule has 0 radical (unpaired) electrons. The summed E-state index contributed by atoms with van der Waals surface area (Å²) in [5.74, 6) is 0.394. The molecule has 0 aromatic heterocycles. The van der Waals surface area contributed by atoms with Gasteiger partial charge < -0.3 is 5.32 Å². The first-order valence-electron chi connectivity index (χ1n) is 7.64. The predicted molar refractivity (Wildman–Crippen MR) is 90.2 cm³/mol. The van der Waals surface area contributed by atoms with E-state index >= 15 is 0 Å². The normalized spacial score (nSPS) is 15.7. The molecule has 4 heteroatoms. The zero-order valence-electron chi connectivity index (χ0n) is 13.9. The zero-order chi connectivity index (χ0) is 16.1. The third kappa shape index (κ3) is 7.09. The molecule has 0 aliphatic rings. The summed E-state index contributed by atoms with van der Waals surface area (Å²) in [5, 5.41) is 3.50. The van der Waals surface area contributed by atoms with Gasteiger partial charge in [0.15, 0.2) is 9.84 Å². The standard InChI is InChI=1S/C17H29NO2S/c1-6-21(19,20)13-14(2)18-16(12-17(3,4)5)15-10-8-7-9-11-15/h7-11,14,16,18H,6,12-13H2,1-5H3. The molecular formula is C17H29NO2S. The first kappa shape index (κ1) is 18.2. The van der Waals surface area contributed by atoms with Gasteiger partial charge in [0.05, 0.1) is 5.75 Å². The summed E-state index contributed by atoms with van der Waals surface area (Å²) in [6.07, 6.45) is 0.966. The van der Waals surface area contributed by atoms with Gasteiger partial charge in [0.1, 0.15) is 0 Å². The molecule has 1 N–H and O–H groups in total. The second-order valence-electron chi connectivity index (χ2n) is 6.99. The maximum atomic E-state index is 11.8. The van der Waals surface area contributed by atoms with Crippen LogP contribution in [0.3, 0.4) is 0 Å². The van der Waals surface area contributed by atoms with E-state index < -0.39 is 9.84 Å². The second kappa shape index (κ2) is 7.41. The largest absolute Gasteiger partial charge is 0.306 e. The van der Waals surface area contributed by atoms with E-state index in [4.69, 9.17) is 0 Å². The smallest absolute Gasteiger partial charge is 0.151 e. The van der Waals surface area contributed by atoms with Gasteiger partial charge in [-0.15, -0.1) is 0 Å². The fourth-order valence-electron chi connectivity index (χ4n) is 2.46. The van der Waals surface area contributed by atoms with Gasteiger partial charge in [-0.05, 0) is 24.3 Å². The average molecular weight is 311 g/mol. The van der Waals surface area contributed by atoms with Crippen LogP contribution in [0.5, 0.6) is 0 Å². The van der Waals surface area contributed by atoms with Crippen LogP contribution in [-0.2, 0) is 9.84 Å². The predicted octanol–water partition coefficient (Wildman–Crippen LogP) is 3.58. The summed E-state index contributed by atoms with van der Waals surface area (Å²) in [5.41, 5.74) is 1.39. The van der Waals surface area contributed by atoms with E-state index in [2.05, 4.69) is 38.2 Å². The Labute approximate surface area is 130 Å². The van der Waals surface area contributed by atoms with Crippen molar-refractivity contribution < 1.29 is 8.42 Å². The van der Waals surface area contributed by atoms with Crippen molar-refractivity contribution >= 4 is 9.84 Å². The van der Waals surface area contributed by atoms with Crippen molar-refractivity contribution in [2.24, 2.45) is 5.41 Å². The zero-order valence-corrected chi connectivity index (χ0v) is 14.7. The fraction of sp³-hybridized carbons (Fsp3) is 0.647. The lowest BCUT2D eigenvalue weighted by Gasteiger charge is -2.30. The minimum Gasteiger partial charge on any atom is -0.306 e. The summed E-state index contributed by atoms with van der Waals surface area (Å²) in [7, 11) is -2.95. The molecule has 21 heavy (non-hydrogen) atoms. The molecule has 2 unspecified atom stereocenters. The van der Waals surface area contributed by atoms with Crippen LogP contribution in [0.1, 0.15) is 52.6 Å². The van der Waals surface area contributed by atoms with Crippen LogP contribution in [-0.4, -0.2) is 26.0 Å². The number of hydrogen-bond acceptors (Lipinski definition) is 3. The monoisotopic (exact) mass is 311 g/mol. The molecule has 2 atom stereocenters. The Morgan fingerprint density at radius 3 is 2.19 bits per heavy atom. The summed E-state index contributed by atoms with van der Waals surface area (Å²) in [6.45, 7) is 10.3. The number of hydrogen-bond donors (Lipinski definition) is 1. The van der Waals surface area contributed by atoms with Gasteiger partial charge in [0.25, 0.3) is 0 Å². The van der Waals surface area contributed by atoms with Crippen LogP contribution in [0.25, 0.3) is 0 Å². The van der Waals surface area contributed by atoms with Crippen molar-refractivity contribution in [3.05, 3.63) is 35.9 Å².